The molecule has 0 aromatic carbocycles. The number of aromatic nitrogens is 3. The van der Waals surface area contributed by atoms with E-state index >= 15 is 0 Å². The van der Waals surface area contributed by atoms with Gasteiger partial charge in [-0.1, -0.05) is 0 Å². The fourth-order valence-electron chi connectivity index (χ4n) is 2.44. The van der Waals surface area contributed by atoms with Gasteiger partial charge in [-0.2, -0.15) is 4.98 Å². The van der Waals surface area contributed by atoms with Gasteiger partial charge in [0, 0.05) is 19.6 Å². The molecule has 0 bridgehead atoms. The number of nitrogens with one attached hydrogen (secondary N) is 1. The molecule has 2 aromatic rings. The first kappa shape index (κ1) is 12.7. The molecule has 0 amide bonds. The number of pyridine rings is 1. The number of rotatable bonds is 2. The van der Waals surface area contributed by atoms with E-state index in [0.29, 0.717) is 11.3 Å². The second-order valence-corrected chi connectivity index (χ2v) is 4.74. The SMILES string of the molecule is Nc1nc2cc(C(=O)O)c(N3CCCNCC3)cn2n1. The van der Waals surface area contributed by atoms with E-state index in [1.807, 2.05) is 0 Å². The number of carboxylic acid groups (broad SMARTS) is 1. The van der Waals surface area contributed by atoms with Gasteiger partial charge in [-0.25, -0.2) is 9.31 Å². The van der Waals surface area contributed by atoms with Crippen LogP contribution < -0.4 is 16.0 Å². The Morgan fingerprint density at radius 1 is 1.40 bits per heavy atom. The standard InChI is InChI=1S/C12H16N6O2/c13-12-15-10-6-8(11(19)20)9(7-18(10)16-12)17-4-1-2-14-3-5-17/h6-7,14H,1-5H2,(H2,13,16)(H,19,20). The monoisotopic (exact) mass is 276 g/mol. The minimum Gasteiger partial charge on any atom is -0.478 e. The Bertz CT molecular complexity index is 645. The number of carboxylic acids is 1. The molecule has 0 radical (unpaired) electrons. The Hall–Kier alpha value is -2.35. The van der Waals surface area contributed by atoms with E-state index < -0.39 is 5.97 Å². The van der Waals surface area contributed by atoms with E-state index in [-0.39, 0.29) is 11.5 Å². The van der Waals surface area contributed by atoms with Crippen molar-refractivity contribution < 1.29 is 9.90 Å². The van der Waals surface area contributed by atoms with Crippen molar-refractivity contribution >= 4 is 23.3 Å². The molecule has 0 aliphatic carbocycles. The first-order valence-electron chi connectivity index (χ1n) is 6.50. The molecule has 2 aromatic heterocycles. The van der Waals surface area contributed by atoms with Crippen LogP contribution in [0.2, 0.25) is 0 Å². The van der Waals surface area contributed by atoms with Crippen LogP contribution in [0.3, 0.4) is 0 Å². The summed E-state index contributed by atoms with van der Waals surface area (Å²) in [6.07, 6.45) is 2.66. The number of hydrogen-bond donors (Lipinski definition) is 3. The number of aromatic carboxylic acids is 1. The molecule has 8 heteroatoms. The highest BCUT2D eigenvalue weighted by Crippen LogP contribution is 2.23. The first-order valence-corrected chi connectivity index (χ1v) is 6.50. The zero-order valence-corrected chi connectivity index (χ0v) is 10.9. The van der Waals surface area contributed by atoms with Crippen LogP contribution in [0.25, 0.3) is 5.65 Å². The number of hydrogen-bond acceptors (Lipinski definition) is 6. The third-order valence-corrected chi connectivity index (χ3v) is 3.38. The maximum Gasteiger partial charge on any atom is 0.338 e. The summed E-state index contributed by atoms with van der Waals surface area (Å²) in [5, 5.41) is 16.7. The van der Waals surface area contributed by atoms with Crippen LogP contribution in [0, 0.1) is 0 Å². The van der Waals surface area contributed by atoms with Crippen molar-refractivity contribution in [3.8, 4) is 0 Å². The van der Waals surface area contributed by atoms with E-state index in [1.54, 1.807) is 6.20 Å². The van der Waals surface area contributed by atoms with Crippen LogP contribution in [-0.2, 0) is 0 Å². The summed E-state index contributed by atoms with van der Waals surface area (Å²) in [6.45, 7) is 3.34. The zero-order chi connectivity index (χ0) is 14.1. The van der Waals surface area contributed by atoms with Gasteiger partial charge < -0.3 is 21.1 Å². The highest BCUT2D eigenvalue weighted by molar-refractivity contribution is 5.95. The molecular formula is C12H16N6O2. The maximum atomic E-state index is 11.5. The smallest absolute Gasteiger partial charge is 0.338 e. The van der Waals surface area contributed by atoms with Crippen molar-refractivity contribution in [3.05, 3.63) is 17.8 Å². The fraction of sp³-hybridized carbons (Fsp3) is 0.417. The second kappa shape index (κ2) is 4.97. The summed E-state index contributed by atoms with van der Waals surface area (Å²) in [5.41, 5.74) is 6.88. The van der Waals surface area contributed by atoms with Crippen molar-refractivity contribution in [1.29, 1.82) is 0 Å². The van der Waals surface area contributed by atoms with Crippen LogP contribution in [0.15, 0.2) is 12.3 Å². The molecule has 1 fully saturated rings. The van der Waals surface area contributed by atoms with Crippen LogP contribution in [-0.4, -0.2) is 51.9 Å². The Morgan fingerprint density at radius 3 is 3.05 bits per heavy atom. The predicted molar refractivity (Wildman–Crippen MR) is 74.1 cm³/mol. The lowest BCUT2D eigenvalue weighted by atomic mass is 10.2. The van der Waals surface area contributed by atoms with Gasteiger partial charge in [-0.15, -0.1) is 5.10 Å². The topological polar surface area (TPSA) is 109 Å². The Kier molecular flexibility index (Phi) is 3.15. The minimum absolute atomic E-state index is 0.135. The molecule has 8 nitrogen and oxygen atoms in total. The molecule has 20 heavy (non-hydrogen) atoms. The van der Waals surface area contributed by atoms with Gasteiger partial charge in [0.05, 0.1) is 17.4 Å². The molecular weight excluding hydrogens is 260 g/mol. The van der Waals surface area contributed by atoms with Crippen molar-refractivity contribution in [3.63, 3.8) is 0 Å². The van der Waals surface area contributed by atoms with Crippen molar-refractivity contribution in [2.75, 3.05) is 36.8 Å². The van der Waals surface area contributed by atoms with Gasteiger partial charge in [0.2, 0.25) is 5.95 Å². The Balaban J connectivity index is 2.10. The highest BCUT2D eigenvalue weighted by Gasteiger charge is 2.19. The second-order valence-electron chi connectivity index (χ2n) is 4.74. The van der Waals surface area contributed by atoms with Gasteiger partial charge in [0.25, 0.3) is 0 Å². The van der Waals surface area contributed by atoms with Gasteiger partial charge in [-0.05, 0) is 19.0 Å². The summed E-state index contributed by atoms with van der Waals surface area (Å²) in [6, 6.07) is 1.51. The molecule has 106 valence electrons. The van der Waals surface area contributed by atoms with Crippen LogP contribution in [0.1, 0.15) is 16.8 Å². The number of nitrogen functional groups attached to an aromatic ring is 1. The average molecular weight is 276 g/mol. The Labute approximate surface area is 115 Å². The van der Waals surface area contributed by atoms with E-state index in [4.69, 9.17) is 5.73 Å². The molecule has 3 heterocycles. The molecule has 0 unspecified atom stereocenters. The summed E-state index contributed by atoms with van der Waals surface area (Å²) >= 11 is 0. The predicted octanol–water partition coefficient (Wildman–Crippen LogP) is -0.191. The fourth-order valence-corrected chi connectivity index (χ4v) is 2.44. The maximum absolute atomic E-state index is 11.5. The Morgan fingerprint density at radius 2 is 2.25 bits per heavy atom. The third-order valence-electron chi connectivity index (χ3n) is 3.38. The van der Waals surface area contributed by atoms with E-state index in [9.17, 15) is 9.90 Å². The van der Waals surface area contributed by atoms with E-state index in [2.05, 4.69) is 20.3 Å². The molecule has 0 atom stereocenters. The van der Waals surface area contributed by atoms with Crippen LogP contribution in [0.5, 0.6) is 0 Å². The molecule has 0 saturated carbocycles. The first-order chi connectivity index (χ1) is 9.65. The summed E-state index contributed by atoms with van der Waals surface area (Å²) in [7, 11) is 0. The molecule has 1 aliphatic rings. The van der Waals surface area contributed by atoms with Crippen molar-refractivity contribution in [2.24, 2.45) is 0 Å². The van der Waals surface area contributed by atoms with Gasteiger partial charge in [0.1, 0.15) is 0 Å². The number of nitrogens with zero attached hydrogens (tertiary/aromatic N) is 4. The molecule has 1 saturated heterocycles. The lowest BCUT2D eigenvalue weighted by Crippen LogP contribution is -2.29. The molecule has 4 N–H and O–H groups in total. The number of fused-ring (bicyclic) bond motifs is 1. The van der Waals surface area contributed by atoms with E-state index in [1.165, 1.54) is 10.6 Å². The number of anilines is 2. The van der Waals surface area contributed by atoms with E-state index in [0.717, 1.165) is 32.6 Å². The summed E-state index contributed by atoms with van der Waals surface area (Å²) < 4.78 is 1.52. The summed E-state index contributed by atoms with van der Waals surface area (Å²) in [4.78, 5) is 17.5. The third kappa shape index (κ3) is 2.25. The minimum atomic E-state index is -0.971. The largest absolute Gasteiger partial charge is 0.478 e. The number of carbonyl (C=O) groups is 1. The van der Waals surface area contributed by atoms with Gasteiger partial charge >= 0.3 is 5.97 Å². The normalized spacial score (nSPS) is 16.3. The number of nitrogens with two attached hydrogens (primary N) is 1. The average Bonchev–Trinajstić information content (AvgIpc) is 2.63. The lowest BCUT2D eigenvalue weighted by molar-refractivity contribution is 0.0697. The van der Waals surface area contributed by atoms with Crippen LogP contribution >= 0.6 is 0 Å². The molecule has 1 aliphatic heterocycles. The summed E-state index contributed by atoms with van der Waals surface area (Å²) in [5.74, 6) is -0.836. The van der Waals surface area contributed by atoms with Crippen LogP contribution in [0.4, 0.5) is 11.6 Å². The molecule has 0 spiro atoms. The quantitative estimate of drug-likeness (QED) is 0.697. The molecule has 3 rings (SSSR count). The van der Waals surface area contributed by atoms with Crippen molar-refractivity contribution in [2.45, 2.75) is 6.42 Å². The van der Waals surface area contributed by atoms with Gasteiger partial charge in [-0.3, -0.25) is 0 Å². The highest BCUT2D eigenvalue weighted by atomic mass is 16.4. The van der Waals surface area contributed by atoms with Crippen molar-refractivity contribution in [1.82, 2.24) is 19.9 Å². The lowest BCUT2D eigenvalue weighted by Gasteiger charge is -2.23. The van der Waals surface area contributed by atoms with Gasteiger partial charge in [0.15, 0.2) is 5.65 Å². The zero-order valence-electron chi connectivity index (χ0n) is 10.9.